The van der Waals surface area contributed by atoms with Crippen molar-refractivity contribution in [3.8, 4) is 0 Å². The Kier molecular flexibility index (Phi) is 4.83. The number of nitrogens with one attached hydrogen (secondary N) is 1. The molecule has 2 amide bonds. The molecular formula is C18H21FN4O2. The first-order valence-electron chi connectivity index (χ1n) is 8.45. The Labute approximate surface area is 145 Å². The first-order valence-corrected chi connectivity index (χ1v) is 8.45. The molecule has 0 aliphatic carbocycles. The largest absolute Gasteiger partial charge is 0.338 e. The Morgan fingerprint density at radius 2 is 1.92 bits per heavy atom. The zero-order chi connectivity index (χ0) is 18.0. The summed E-state index contributed by atoms with van der Waals surface area (Å²) in [5.41, 5.74) is 2.50. The topological polar surface area (TPSA) is 69.3 Å². The summed E-state index contributed by atoms with van der Waals surface area (Å²) >= 11 is 0. The lowest BCUT2D eigenvalue weighted by atomic mass is 10.0. The number of aromatic amines is 1. The van der Waals surface area contributed by atoms with Gasteiger partial charge in [0, 0.05) is 42.9 Å². The molecule has 0 radical (unpaired) electrons. The van der Waals surface area contributed by atoms with E-state index in [-0.39, 0.29) is 17.6 Å². The standard InChI is InChI=1S/C18H21FN4O2/c1-3-22(4-2)18(25)16-14-11-23(10-9-15(14)20-21-16)17(24)12-5-7-13(19)8-6-12/h5-8H,3-4,9-11H2,1-2H3,(H,20,21). The van der Waals surface area contributed by atoms with E-state index in [1.807, 2.05) is 13.8 Å². The summed E-state index contributed by atoms with van der Waals surface area (Å²) in [5, 5.41) is 7.12. The Bertz CT molecular complexity index is 781. The maximum absolute atomic E-state index is 13.1. The zero-order valence-corrected chi connectivity index (χ0v) is 14.4. The van der Waals surface area contributed by atoms with Crippen molar-refractivity contribution in [2.24, 2.45) is 0 Å². The molecule has 1 N–H and O–H groups in total. The summed E-state index contributed by atoms with van der Waals surface area (Å²) in [6.07, 6.45) is 0.612. The molecule has 0 spiro atoms. The molecule has 0 bridgehead atoms. The van der Waals surface area contributed by atoms with Crippen LogP contribution >= 0.6 is 0 Å². The van der Waals surface area contributed by atoms with E-state index in [0.29, 0.717) is 43.9 Å². The maximum Gasteiger partial charge on any atom is 0.274 e. The van der Waals surface area contributed by atoms with Crippen LogP contribution in [0.1, 0.15) is 46.0 Å². The fraction of sp³-hybridized carbons (Fsp3) is 0.389. The quantitative estimate of drug-likeness (QED) is 0.925. The summed E-state index contributed by atoms with van der Waals surface area (Å²) in [6.45, 7) is 5.91. The van der Waals surface area contributed by atoms with E-state index < -0.39 is 0 Å². The number of hydrogen-bond acceptors (Lipinski definition) is 3. The van der Waals surface area contributed by atoms with E-state index in [1.54, 1.807) is 9.80 Å². The van der Waals surface area contributed by atoms with Gasteiger partial charge in [0.05, 0.1) is 6.54 Å². The monoisotopic (exact) mass is 344 g/mol. The summed E-state index contributed by atoms with van der Waals surface area (Å²) < 4.78 is 13.1. The van der Waals surface area contributed by atoms with Crippen LogP contribution in [0, 0.1) is 5.82 Å². The SMILES string of the molecule is CCN(CC)C(=O)c1n[nH]c2c1CN(C(=O)c1ccc(F)cc1)CC2. The van der Waals surface area contributed by atoms with Gasteiger partial charge in [0.15, 0.2) is 5.69 Å². The number of hydrogen-bond donors (Lipinski definition) is 1. The van der Waals surface area contributed by atoms with E-state index in [9.17, 15) is 14.0 Å². The number of benzene rings is 1. The van der Waals surface area contributed by atoms with Gasteiger partial charge in [-0.05, 0) is 38.1 Å². The number of carbonyl (C=O) groups is 2. The summed E-state index contributed by atoms with van der Waals surface area (Å²) in [6, 6.07) is 5.50. The van der Waals surface area contributed by atoms with Gasteiger partial charge in [-0.3, -0.25) is 14.7 Å². The lowest BCUT2D eigenvalue weighted by molar-refractivity contribution is 0.0718. The first-order chi connectivity index (χ1) is 12.0. The second-order valence-corrected chi connectivity index (χ2v) is 5.99. The molecule has 25 heavy (non-hydrogen) atoms. The van der Waals surface area contributed by atoms with E-state index in [1.165, 1.54) is 24.3 Å². The molecule has 1 aromatic carbocycles. The van der Waals surface area contributed by atoms with Gasteiger partial charge < -0.3 is 9.80 Å². The third-order valence-electron chi connectivity index (χ3n) is 4.57. The highest BCUT2D eigenvalue weighted by Gasteiger charge is 2.29. The number of aromatic nitrogens is 2. The predicted molar refractivity (Wildman–Crippen MR) is 90.7 cm³/mol. The Hall–Kier alpha value is -2.70. The molecular weight excluding hydrogens is 323 g/mol. The van der Waals surface area contributed by atoms with Gasteiger partial charge in [-0.25, -0.2) is 4.39 Å². The van der Waals surface area contributed by atoms with Crippen LogP contribution in [0.4, 0.5) is 4.39 Å². The number of halogens is 1. The molecule has 0 fully saturated rings. The highest BCUT2D eigenvalue weighted by atomic mass is 19.1. The van der Waals surface area contributed by atoms with Gasteiger partial charge in [0.1, 0.15) is 5.82 Å². The zero-order valence-electron chi connectivity index (χ0n) is 14.4. The molecule has 2 aromatic rings. The van der Waals surface area contributed by atoms with Crippen molar-refractivity contribution in [2.45, 2.75) is 26.8 Å². The molecule has 0 atom stereocenters. The van der Waals surface area contributed by atoms with Gasteiger partial charge in [-0.1, -0.05) is 0 Å². The molecule has 7 heteroatoms. The molecule has 1 aromatic heterocycles. The lowest BCUT2D eigenvalue weighted by Crippen LogP contribution is -2.37. The minimum Gasteiger partial charge on any atom is -0.338 e. The summed E-state index contributed by atoms with van der Waals surface area (Å²) in [4.78, 5) is 28.6. The van der Waals surface area contributed by atoms with Gasteiger partial charge in [-0.2, -0.15) is 5.10 Å². The van der Waals surface area contributed by atoms with Crippen LogP contribution in [0.15, 0.2) is 24.3 Å². The van der Waals surface area contributed by atoms with E-state index >= 15 is 0 Å². The molecule has 1 aliphatic heterocycles. The molecule has 1 aliphatic rings. The average Bonchev–Trinajstić information content (AvgIpc) is 3.05. The number of rotatable bonds is 4. The molecule has 0 saturated carbocycles. The normalized spacial score (nSPS) is 13.5. The first kappa shape index (κ1) is 17.1. The number of nitrogens with zero attached hydrogens (tertiary/aromatic N) is 3. The van der Waals surface area contributed by atoms with Crippen molar-refractivity contribution >= 4 is 11.8 Å². The number of amides is 2. The van der Waals surface area contributed by atoms with Crippen molar-refractivity contribution in [2.75, 3.05) is 19.6 Å². The van der Waals surface area contributed by atoms with Crippen LogP contribution < -0.4 is 0 Å². The van der Waals surface area contributed by atoms with E-state index in [0.717, 1.165) is 11.3 Å². The molecule has 132 valence electrons. The molecule has 3 rings (SSSR count). The van der Waals surface area contributed by atoms with Gasteiger partial charge in [0.2, 0.25) is 0 Å². The van der Waals surface area contributed by atoms with Crippen molar-refractivity contribution in [3.63, 3.8) is 0 Å². The smallest absolute Gasteiger partial charge is 0.274 e. The number of H-pyrrole nitrogens is 1. The predicted octanol–water partition coefficient (Wildman–Crippen LogP) is 2.23. The van der Waals surface area contributed by atoms with Gasteiger partial charge >= 0.3 is 0 Å². The maximum atomic E-state index is 13.1. The highest BCUT2D eigenvalue weighted by Crippen LogP contribution is 2.23. The molecule has 0 saturated heterocycles. The lowest BCUT2D eigenvalue weighted by Gasteiger charge is -2.27. The van der Waals surface area contributed by atoms with Gasteiger partial charge in [-0.15, -0.1) is 0 Å². The van der Waals surface area contributed by atoms with Crippen LogP contribution in [0.2, 0.25) is 0 Å². The minimum absolute atomic E-state index is 0.126. The molecule has 2 heterocycles. The minimum atomic E-state index is -0.376. The van der Waals surface area contributed by atoms with Crippen molar-refractivity contribution in [1.29, 1.82) is 0 Å². The van der Waals surface area contributed by atoms with Crippen molar-refractivity contribution in [3.05, 3.63) is 52.6 Å². The Balaban J connectivity index is 1.83. The van der Waals surface area contributed by atoms with Crippen molar-refractivity contribution in [1.82, 2.24) is 20.0 Å². The third kappa shape index (κ3) is 3.26. The molecule has 0 unspecified atom stereocenters. The van der Waals surface area contributed by atoms with Crippen LogP contribution in [0.3, 0.4) is 0 Å². The Morgan fingerprint density at radius 1 is 1.24 bits per heavy atom. The van der Waals surface area contributed by atoms with E-state index in [2.05, 4.69) is 10.2 Å². The number of carbonyl (C=O) groups excluding carboxylic acids is 2. The van der Waals surface area contributed by atoms with Gasteiger partial charge in [0.25, 0.3) is 11.8 Å². The fourth-order valence-electron chi connectivity index (χ4n) is 3.08. The summed E-state index contributed by atoms with van der Waals surface area (Å²) in [5.74, 6) is -0.675. The highest BCUT2D eigenvalue weighted by molar-refractivity contribution is 5.96. The van der Waals surface area contributed by atoms with Crippen LogP contribution in [0.5, 0.6) is 0 Å². The fourth-order valence-corrected chi connectivity index (χ4v) is 3.08. The number of fused-ring (bicyclic) bond motifs is 1. The second-order valence-electron chi connectivity index (χ2n) is 5.99. The third-order valence-corrected chi connectivity index (χ3v) is 4.57. The van der Waals surface area contributed by atoms with Crippen LogP contribution in [-0.2, 0) is 13.0 Å². The molecule has 6 nitrogen and oxygen atoms in total. The van der Waals surface area contributed by atoms with Crippen molar-refractivity contribution < 1.29 is 14.0 Å². The summed E-state index contributed by atoms with van der Waals surface area (Å²) in [7, 11) is 0. The van der Waals surface area contributed by atoms with Crippen LogP contribution in [-0.4, -0.2) is 51.4 Å². The average molecular weight is 344 g/mol. The van der Waals surface area contributed by atoms with Crippen LogP contribution in [0.25, 0.3) is 0 Å². The second kappa shape index (κ2) is 7.04. The Morgan fingerprint density at radius 3 is 2.56 bits per heavy atom. The van der Waals surface area contributed by atoms with E-state index in [4.69, 9.17) is 0 Å².